The molecule has 5 heteroatoms. The number of para-hydroxylation sites is 1. The number of hydrogen-bond acceptors (Lipinski definition) is 3. The fourth-order valence-corrected chi connectivity index (χ4v) is 2.95. The van der Waals surface area contributed by atoms with Crippen LogP contribution < -0.4 is 4.90 Å². The Morgan fingerprint density at radius 3 is 2.43 bits per heavy atom. The van der Waals surface area contributed by atoms with Crippen molar-refractivity contribution in [2.24, 2.45) is 0 Å². The normalized spacial score (nSPS) is 15.4. The first-order valence-electron chi connectivity index (χ1n) is 7.05. The molecule has 1 aliphatic heterocycles. The molecule has 2 aromatic rings. The van der Waals surface area contributed by atoms with Crippen LogP contribution in [-0.2, 0) is 14.3 Å². The zero-order chi connectivity index (χ0) is 16.6. The van der Waals surface area contributed by atoms with Crippen molar-refractivity contribution in [2.45, 2.75) is 6.92 Å². The maximum absolute atomic E-state index is 12.7. The van der Waals surface area contributed by atoms with Crippen LogP contribution >= 0.6 is 11.6 Å². The minimum atomic E-state index is -0.484. The van der Waals surface area contributed by atoms with E-state index in [0.717, 1.165) is 0 Å². The second-order valence-electron chi connectivity index (χ2n) is 5.16. The molecule has 0 saturated heterocycles. The lowest BCUT2D eigenvalue weighted by Crippen LogP contribution is -2.21. The van der Waals surface area contributed by atoms with Gasteiger partial charge in [0.15, 0.2) is 5.76 Å². The van der Waals surface area contributed by atoms with E-state index in [4.69, 9.17) is 16.3 Å². The molecular formula is C18H14ClNO3. The Hall–Kier alpha value is -2.59. The number of hydrogen-bond donors (Lipinski definition) is 0. The molecule has 0 radical (unpaired) electrons. The van der Waals surface area contributed by atoms with Gasteiger partial charge in [-0.1, -0.05) is 54.1 Å². The van der Waals surface area contributed by atoms with Gasteiger partial charge < -0.3 is 9.64 Å². The summed E-state index contributed by atoms with van der Waals surface area (Å²) in [5, 5.41) is 0.476. The summed E-state index contributed by atoms with van der Waals surface area (Å²) >= 11 is 6.23. The highest BCUT2D eigenvalue weighted by molar-refractivity contribution is 6.42. The van der Waals surface area contributed by atoms with Gasteiger partial charge >= 0.3 is 5.97 Å². The lowest BCUT2D eigenvalue weighted by atomic mass is 10.0. The average Bonchev–Trinajstić information content (AvgIpc) is 2.78. The topological polar surface area (TPSA) is 46.6 Å². The number of carbonyl (C=O) groups excluding carboxylic acids is 2. The van der Waals surface area contributed by atoms with Crippen LogP contribution in [0.1, 0.15) is 18.1 Å². The highest BCUT2D eigenvalue weighted by atomic mass is 35.5. The van der Waals surface area contributed by atoms with Crippen molar-refractivity contribution in [3.63, 3.8) is 0 Å². The second kappa shape index (κ2) is 5.89. The van der Waals surface area contributed by atoms with E-state index in [2.05, 4.69) is 0 Å². The molecule has 3 rings (SSSR count). The first-order chi connectivity index (χ1) is 11.0. The van der Waals surface area contributed by atoms with Crippen LogP contribution in [0.2, 0.25) is 5.02 Å². The lowest BCUT2D eigenvalue weighted by Gasteiger charge is -2.11. The number of halogens is 1. The Kier molecular flexibility index (Phi) is 3.92. The van der Waals surface area contributed by atoms with Crippen molar-refractivity contribution in [2.75, 3.05) is 11.9 Å². The number of carbonyl (C=O) groups is 2. The molecule has 0 aliphatic carbocycles. The van der Waals surface area contributed by atoms with Crippen molar-refractivity contribution in [3.05, 3.63) is 64.7 Å². The van der Waals surface area contributed by atoms with Gasteiger partial charge in [-0.3, -0.25) is 9.59 Å². The van der Waals surface area contributed by atoms with Gasteiger partial charge in [0.1, 0.15) is 0 Å². The van der Waals surface area contributed by atoms with Crippen molar-refractivity contribution in [3.8, 4) is 0 Å². The average molecular weight is 328 g/mol. The molecule has 0 unspecified atom stereocenters. The summed E-state index contributed by atoms with van der Waals surface area (Å²) in [5.41, 5.74) is 2.28. The molecule has 1 amide bonds. The van der Waals surface area contributed by atoms with E-state index in [1.54, 1.807) is 37.4 Å². The molecule has 1 aliphatic rings. The van der Waals surface area contributed by atoms with Gasteiger partial charge in [0.05, 0.1) is 16.3 Å². The number of esters is 1. The summed E-state index contributed by atoms with van der Waals surface area (Å²) in [6.07, 6.45) is 0. The SMILES string of the molecule is CC(=O)O/C(=C1/C(=O)N(C)c2c(Cl)cccc21)c1ccccc1. The molecule has 1 heterocycles. The van der Waals surface area contributed by atoms with Gasteiger partial charge in [-0.25, -0.2) is 0 Å². The molecule has 116 valence electrons. The number of fused-ring (bicyclic) bond motifs is 1. The summed E-state index contributed by atoms with van der Waals surface area (Å²) in [7, 11) is 1.65. The van der Waals surface area contributed by atoms with E-state index in [-0.39, 0.29) is 11.7 Å². The molecule has 0 fully saturated rings. The highest BCUT2D eigenvalue weighted by Crippen LogP contribution is 2.43. The van der Waals surface area contributed by atoms with E-state index in [1.807, 2.05) is 18.2 Å². The molecule has 0 saturated carbocycles. The summed E-state index contributed by atoms with van der Waals surface area (Å²) in [6, 6.07) is 14.4. The van der Waals surface area contributed by atoms with E-state index in [1.165, 1.54) is 11.8 Å². The Morgan fingerprint density at radius 1 is 1.09 bits per heavy atom. The van der Waals surface area contributed by atoms with Crippen molar-refractivity contribution < 1.29 is 14.3 Å². The molecule has 23 heavy (non-hydrogen) atoms. The highest BCUT2D eigenvalue weighted by Gasteiger charge is 2.35. The minimum absolute atomic E-state index is 0.246. The number of nitrogens with zero attached hydrogens (tertiary/aromatic N) is 1. The number of likely N-dealkylation sites (N-methyl/N-ethyl adjacent to an activating group) is 1. The van der Waals surface area contributed by atoms with Crippen LogP contribution in [0, 0.1) is 0 Å². The van der Waals surface area contributed by atoms with Gasteiger partial charge in [0.25, 0.3) is 5.91 Å². The summed E-state index contributed by atoms with van der Waals surface area (Å²) in [5.74, 6) is -0.494. The third-order valence-corrected chi connectivity index (χ3v) is 3.92. The molecule has 0 spiro atoms. The third kappa shape index (κ3) is 2.62. The number of rotatable bonds is 2. The number of anilines is 1. The van der Waals surface area contributed by atoms with Gasteiger partial charge in [-0.15, -0.1) is 0 Å². The smallest absolute Gasteiger partial charge is 0.308 e. The van der Waals surface area contributed by atoms with Crippen LogP contribution in [0.4, 0.5) is 5.69 Å². The van der Waals surface area contributed by atoms with Crippen LogP contribution in [0.25, 0.3) is 11.3 Å². The molecule has 2 aromatic carbocycles. The second-order valence-corrected chi connectivity index (χ2v) is 5.57. The zero-order valence-corrected chi connectivity index (χ0v) is 13.4. The summed E-state index contributed by atoms with van der Waals surface area (Å²) < 4.78 is 5.39. The van der Waals surface area contributed by atoms with Crippen molar-refractivity contribution in [1.82, 2.24) is 0 Å². The van der Waals surface area contributed by atoms with E-state index in [0.29, 0.717) is 27.4 Å². The Morgan fingerprint density at radius 2 is 1.78 bits per heavy atom. The monoisotopic (exact) mass is 327 g/mol. The molecule has 0 bridgehead atoms. The lowest BCUT2D eigenvalue weighted by molar-refractivity contribution is -0.134. The van der Waals surface area contributed by atoms with E-state index in [9.17, 15) is 9.59 Å². The molecular weight excluding hydrogens is 314 g/mol. The van der Waals surface area contributed by atoms with Gasteiger partial charge in [0.2, 0.25) is 0 Å². The standard InChI is InChI=1S/C18H14ClNO3/c1-11(21)23-17(12-7-4-3-5-8-12)15-13-9-6-10-14(19)16(13)20(2)18(15)22/h3-10H,1-2H3/b17-15+. The number of amides is 1. The fraction of sp³-hybridized carbons (Fsp3) is 0.111. The summed E-state index contributed by atoms with van der Waals surface area (Å²) in [6.45, 7) is 1.31. The maximum atomic E-state index is 12.7. The molecule has 0 atom stereocenters. The Bertz CT molecular complexity index is 827. The zero-order valence-electron chi connectivity index (χ0n) is 12.7. The fourth-order valence-electron chi connectivity index (χ4n) is 2.65. The van der Waals surface area contributed by atoms with Crippen LogP contribution in [0.15, 0.2) is 48.5 Å². The summed E-state index contributed by atoms with van der Waals surface area (Å²) in [4.78, 5) is 25.7. The first-order valence-corrected chi connectivity index (χ1v) is 7.43. The maximum Gasteiger partial charge on any atom is 0.308 e. The van der Waals surface area contributed by atoms with Gasteiger partial charge in [0, 0.05) is 25.1 Å². The van der Waals surface area contributed by atoms with E-state index < -0.39 is 5.97 Å². The van der Waals surface area contributed by atoms with Gasteiger partial charge in [-0.05, 0) is 6.07 Å². The number of benzene rings is 2. The van der Waals surface area contributed by atoms with Crippen LogP contribution in [0.5, 0.6) is 0 Å². The first kappa shape index (κ1) is 15.3. The molecule has 0 aromatic heterocycles. The Labute approximate surface area is 138 Å². The van der Waals surface area contributed by atoms with Gasteiger partial charge in [-0.2, -0.15) is 0 Å². The minimum Gasteiger partial charge on any atom is -0.425 e. The molecule has 0 N–H and O–H groups in total. The quantitative estimate of drug-likeness (QED) is 0.479. The van der Waals surface area contributed by atoms with Crippen LogP contribution in [0.3, 0.4) is 0 Å². The van der Waals surface area contributed by atoms with E-state index >= 15 is 0 Å². The predicted molar refractivity (Wildman–Crippen MR) is 89.9 cm³/mol. The van der Waals surface area contributed by atoms with Crippen LogP contribution in [-0.4, -0.2) is 18.9 Å². The Balaban J connectivity index is 2.31. The number of ether oxygens (including phenoxy) is 1. The molecule has 4 nitrogen and oxygen atoms in total. The van der Waals surface area contributed by atoms with Crippen molar-refractivity contribution in [1.29, 1.82) is 0 Å². The predicted octanol–water partition coefficient (Wildman–Crippen LogP) is 3.75. The largest absolute Gasteiger partial charge is 0.425 e. The third-order valence-electron chi connectivity index (χ3n) is 3.62. The van der Waals surface area contributed by atoms with Crippen molar-refractivity contribution >= 4 is 40.5 Å².